The number of carbonyl (C=O) groups is 1. The molecule has 2 heterocycles. The maximum absolute atomic E-state index is 12.5. The Balaban J connectivity index is 1.74. The zero-order valence-electron chi connectivity index (χ0n) is 13.5. The molecule has 4 atom stereocenters. The molecule has 3 nitrogen and oxygen atoms in total. The molecule has 1 aliphatic carbocycles. The lowest BCUT2D eigenvalue weighted by atomic mass is 9.64. The third kappa shape index (κ3) is 2.62. The standard InChI is InChI=1S/C18H31NO2/c1-2-3-4-5-8-14-13-16(20)15-9-6-7-11-18(15)12-10-17(21)19(14)18/h14-16,20H,2-13H2,1H3/t14-,15+,16-,18-/m0/s1. The first-order valence-corrected chi connectivity index (χ1v) is 9.19. The van der Waals surface area contributed by atoms with Crippen molar-refractivity contribution in [2.45, 2.75) is 102 Å². The quantitative estimate of drug-likeness (QED) is 0.786. The molecule has 0 aromatic carbocycles. The van der Waals surface area contributed by atoms with Gasteiger partial charge in [-0.1, -0.05) is 45.4 Å². The number of amides is 1. The normalized spacial score (nSPS) is 39.2. The van der Waals surface area contributed by atoms with Gasteiger partial charge in [0.2, 0.25) is 5.91 Å². The molecular formula is C18H31NO2. The lowest BCUT2D eigenvalue weighted by Crippen LogP contribution is -2.64. The SMILES string of the molecule is CCCCCC[C@H]1C[C@H](O)[C@H]2CCCC[C@]23CCC(=O)N13. The molecule has 2 saturated heterocycles. The van der Waals surface area contributed by atoms with Gasteiger partial charge in [-0.05, 0) is 32.1 Å². The fourth-order valence-electron chi connectivity index (χ4n) is 5.39. The summed E-state index contributed by atoms with van der Waals surface area (Å²) in [4.78, 5) is 14.8. The van der Waals surface area contributed by atoms with Gasteiger partial charge in [0, 0.05) is 23.9 Å². The Kier molecular flexibility index (Phi) is 4.58. The van der Waals surface area contributed by atoms with Gasteiger partial charge in [-0.3, -0.25) is 4.79 Å². The van der Waals surface area contributed by atoms with E-state index in [0.717, 1.165) is 32.1 Å². The topological polar surface area (TPSA) is 40.5 Å². The molecule has 0 aromatic heterocycles. The fourth-order valence-corrected chi connectivity index (χ4v) is 5.39. The van der Waals surface area contributed by atoms with Crippen LogP contribution in [0.25, 0.3) is 0 Å². The molecule has 21 heavy (non-hydrogen) atoms. The Labute approximate surface area is 129 Å². The van der Waals surface area contributed by atoms with Gasteiger partial charge in [-0.15, -0.1) is 0 Å². The Hall–Kier alpha value is -0.570. The second-order valence-corrected chi connectivity index (χ2v) is 7.53. The summed E-state index contributed by atoms with van der Waals surface area (Å²) in [5, 5.41) is 10.7. The summed E-state index contributed by atoms with van der Waals surface area (Å²) in [5.74, 6) is 0.721. The van der Waals surface area contributed by atoms with E-state index in [1.165, 1.54) is 38.5 Å². The molecule has 3 fully saturated rings. The van der Waals surface area contributed by atoms with Crippen LogP contribution in [0.1, 0.15) is 84.0 Å². The van der Waals surface area contributed by atoms with E-state index in [1.807, 2.05) is 0 Å². The molecule has 3 aliphatic rings. The minimum absolute atomic E-state index is 0.0302. The van der Waals surface area contributed by atoms with Crippen LogP contribution >= 0.6 is 0 Å². The number of hydrogen-bond donors (Lipinski definition) is 1. The van der Waals surface area contributed by atoms with Gasteiger partial charge in [0.05, 0.1) is 6.10 Å². The first kappa shape index (κ1) is 15.3. The van der Waals surface area contributed by atoms with E-state index in [2.05, 4.69) is 11.8 Å². The van der Waals surface area contributed by atoms with Gasteiger partial charge < -0.3 is 10.0 Å². The van der Waals surface area contributed by atoms with Crippen molar-refractivity contribution in [1.82, 2.24) is 4.90 Å². The zero-order valence-corrected chi connectivity index (χ0v) is 13.5. The first-order chi connectivity index (χ1) is 10.2. The van der Waals surface area contributed by atoms with Crippen LogP contribution in [0.2, 0.25) is 0 Å². The van der Waals surface area contributed by atoms with Crippen LogP contribution in [0.3, 0.4) is 0 Å². The number of unbranched alkanes of at least 4 members (excludes halogenated alkanes) is 3. The van der Waals surface area contributed by atoms with Gasteiger partial charge in [0.1, 0.15) is 0 Å². The summed E-state index contributed by atoms with van der Waals surface area (Å²) in [6, 6.07) is 0.307. The Morgan fingerprint density at radius 2 is 2.10 bits per heavy atom. The van der Waals surface area contributed by atoms with Crippen LogP contribution in [0.4, 0.5) is 0 Å². The van der Waals surface area contributed by atoms with Crippen LogP contribution in [0, 0.1) is 5.92 Å². The van der Waals surface area contributed by atoms with E-state index in [0.29, 0.717) is 24.3 Å². The molecule has 0 aromatic rings. The third-order valence-corrected chi connectivity index (χ3v) is 6.32. The summed E-state index contributed by atoms with van der Waals surface area (Å²) in [6.45, 7) is 2.23. The minimum atomic E-state index is -0.177. The van der Waals surface area contributed by atoms with Crippen molar-refractivity contribution in [3.63, 3.8) is 0 Å². The maximum atomic E-state index is 12.5. The second-order valence-electron chi connectivity index (χ2n) is 7.53. The van der Waals surface area contributed by atoms with Crippen molar-refractivity contribution in [2.75, 3.05) is 0 Å². The average Bonchev–Trinajstić information content (AvgIpc) is 2.81. The van der Waals surface area contributed by atoms with Crippen LogP contribution < -0.4 is 0 Å². The second kappa shape index (κ2) is 6.28. The summed E-state index contributed by atoms with van der Waals surface area (Å²) in [7, 11) is 0. The van der Waals surface area contributed by atoms with Crippen molar-refractivity contribution >= 4 is 5.91 Å². The van der Waals surface area contributed by atoms with Crippen LogP contribution in [0.5, 0.6) is 0 Å². The molecule has 0 bridgehead atoms. The summed E-state index contributed by atoms with van der Waals surface area (Å²) in [6.07, 6.45) is 13.2. The predicted octanol–water partition coefficient (Wildman–Crippen LogP) is 3.64. The van der Waals surface area contributed by atoms with Crippen molar-refractivity contribution in [3.05, 3.63) is 0 Å². The highest BCUT2D eigenvalue weighted by Gasteiger charge is 2.58. The molecule has 1 amide bonds. The Bertz CT molecular complexity index is 383. The highest BCUT2D eigenvalue weighted by atomic mass is 16.3. The van der Waals surface area contributed by atoms with E-state index < -0.39 is 0 Å². The predicted molar refractivity (Wildman–Crippen MR) is 83.9 cm³/mol. The van der Waals surface area contributed by atoms with Crippen molar-refractivity contribution in [2.24, 2.45) is 5.92 Å². The van der Waals surface area contributed by atoms with E-state index in [-0.39, 0.29) is 11.6 Å². The van der Waals surface area contributed by atoms with Crippen LogP contribution in [0.15, 0.2) is 0 Å². The molecule has 2 aliphatic heterocycles. The molecule has 1 N–H and O–H groups in total. The monoisotopic (exact) mass is 293 g/mol. The number of carbonyl (C=O) groups excluding carboxylic acids is 1. The molecule has 0 unspecified atom stereocenters. The number of nitrogens with zero attached hydrogens (tertiary/aromatic N) is 1. The zero-order chi connectivity index (χ0) is 14.9. The van der Waals surface area contributed by atoms with Gasteiger partial charge in [-0.25, -0.2) is 0 Å². The largest absolute Gasteiger partial charge is 0.393 e. The highest BCUT2D eigenvalue weighted by Crippen LogP contribution is 2.52. The minimum Gasteiger partial charge on any atom is -0.393 e. The van der Waals surface area contributed by atoms with E-state index in [9.17, 15) is 9.90 Å². The molecule has 1 spiro atoms. The summed E-state index contributed by atoms with van der Waals surface area (Å²) >= 11 is 0. The first-order valence-electron chi connectivity index (χ1n) is 9.19. The fraction of sp³-hybridized carbons (Fsp3) is 0.944. The third-order valence-electron chi connectivity index (χ3n) is 6.32. The van der Waals surface area contributed by atoms with Gasteiger partial charge >= 0.3 is 0 Å². The summed E-state index contributed by atoms with van der Waals surface area (Å²) in [5.41, 5.74) is 0.0302. The molecular weight excluding hydrogens is 262 g/mol. The van der Waals surface area contributed by atoms with Crippen molar-refractivity contribution in [1.29, 1.82) is 0 Å². The van der Waals surface area contributed by atoms with Crippen molar-refractivity contribution < 1.29 is 9.90 Å². The number of hydrogen-bond acceptors (Lipinski definition) is 2. The van der Waals surface area contributed by atoms with Gasteiger partial charge in [-0.2, -0.15) is 0 Å². The lowest BCUT2D eigenvalue weighted by Gasteiger charge is -2.56. The molecule has 1 saturated carbocycles. The number of aliphatic hydroxyl groups excluding tert-OH is 1. The van der Waals surface area contributed by atoms with E-state index in [4.69, 9.17) is 0 Å². The number of aliphatic hydroxyl groups is 1. The number of piperidine rings is 1. The maximum Gasteiger partial charge on any atom is 0.223 e. The Morgan fingerprint density at radius 1 is 1.24 bits per heavy atom. The number of rotatable bonds is 5. The smallest absolute Gasteiger partial charge is 0.223 e. The van der Waals surface area contributed by atoms with E-state index >= 15 is 0 Å². The van der Waals surface area contributed by atoms with Gasteiger partial charge in [0.25, 0.3) is 0 Å². The van der Waals surface area contributed by atoms with Gasteiger partial charge in [0.15, 0.2) is 0 Å². The lowest BCUT2D eigenvalue weighted by molar-refractivity contribution is -0.152. The van der Waals surface area contributed by atoms with E-state index in [1.54, 1.807) is 0 Å². The molecule has 120 valence electrons. The molecule has 3 heteroatoms. The molecule has 0 radical (unpaired) electrons. The molecule has 3 rings (SSSR count). The van der Waals surface area contributed by atoms with Crippen LogP contribution in [-0.2, 0) is 4.79 Å². The van der Waals surface area contributed by atoms with Crippen LogP contribution in [-0.4, -0.2) is 33.6 Å². The highest BCUT2D eigenvalue weighted by molar-refractivity contribution is 5.80. The Morgan fingerprint density at radius 3 is 2.90 bits per heavy atom. The average molecular weight is 293 g/mol. The summed E-state index contributed by atoms with van der Waals surface area (Å²) < 4.78 is 0. The van der Waals surface area contributed by atoms with Crippen molar-refractivity contribution in [3.8, 4) is 0 Å².